The number of hydrogen-bond acceptors (Lipinski definition) is 4. The predicted molar refractivity (Wildman–Crippen MR) is 84.7 cm³/mol. The van der Waals surface area contributed by atoms with Crippen LogP contribution >= 0.6 is 24.8 Å². The third kappa shape index (κ3) is 6.14. The average molecular weight is 328 g/mol. The third-order valence-electron chi connectivity index (χ3n) is 3.94. The first-order valence-electron chi connectivity index (χ1n) is 6.96. The van der Waals surface area contributed by atoms with Crippen molar-refractivity contribution in [2.75, 3.05) is 46.4 Å². The number of nitrogens with two attached hydrogens (primary N) is 1. The summed E-state index contributed by atoms with van der Waals surface area (Å²) in [6.45, 7) is 5.37. The lowest BCUT2D eigenvalue weighted by Crippen LogP contribution is -2.50. The van der Waals surface area contributed by atoms with Crippen molar-refractivity contribution in [2.45, 2.75) is 25.4 Å². The van der Waals surface area contributed by atoms with E-state index in [0.29, 0.717) is 13.0 Å². The van der Waals surface area contributed by atoms with E-state index in [1.165, 1.54) is 19.4 Å². The highest BCUT2D eigenvalue weighted by Gasteiger charge is 2.28. The Morgan fingerprint density at radius 3 is 2.30 bits per heavy atom. The van der Waals surface area contributed by atoms with Crippen molar-refractivity contribution < 1.29 is 9.53 Å². The molecule has 120 valence electrons. The fraction of sp³-hybridized carbons (Fsp3) is 0.923. The van der Waals surface area contributed by atoms with Crippen LogP contribution in [0.5, 0.6) is 0 Å². The van der Waals surface area contributed by atoms with E-state index in [1.54, 1.807) is 7.11 Å². The summed E-state index contributed by atoms with van der Waals surface area (Å²) in [5.74, 6) is 1.11. The second kappa shape index (κ2) is 9.79. The van der Waals surface area contributed by atoms with Crippen LogP contribution in [0.15, 0.2) is 0 Å². The summed E-state index contributed by atoms with van der Waals surface area (Å²) < 4.78 is 5.16. The van der Waals surface area contributed by atoms with Crippen molar-refractivity contribution in [3.05, 3.63) is 0 Å². The highest BCUT2D eigenvalue weighted by molar-refractivity contribution is 5.85. The van der Waals surface area contributed by atoms with Gasteiger partial charge in [0.15, 0.2) is 0 Å². The summed E-state index contributed by atoms with van der Waals surface area (Å²) in [5, 5.41) is 0. The largest absolute Gasteiger partial charge is 0.380 e. The summed E-state index contributed by atoms with van der Waals surface area (Å²) in [6.07, 6.45) is 3.06. The molecule has 0 aromatic heterocycles. The molecule has 0 aromatic rings. The number of hydrogen-bond donors (Lipinski definition) is 1. The molecule has 0 aromatic carbocycles. The number of carbonyl (C=O) groups is 1. The first-order chi connectivity index (χ1) is 8.72. The van der Waals surface area contributed by atoms with Crippen LogP contribution in [0, 0.1) is 5.92 Å². The predicted octanol–water partition coefficient (Wildman–Crippen LogP) is 0.748. The maximum Gasteiger partial charge on any atom is 0.225 e. The molecule has 1 unspecified atom stereocenters. The van der Waals surface area contributed by atoms with Crippen molar-refractivity contribution in [2.24, 2.45) is 11.7 Å². The van der Waals surface area contributed by atoms with Crippen molar-refractivity contribution in [1.29, 1.82) is 0 Å². The maximum absolute atomic E-state index is 12.0. The number of carbonyl (C=O) groups excluding carboxylic acids is 1. The monoisotopic (exact) mass is 327 g/mol. The Labute approximate surface area is 134 Å². The summed E-state index contributed by atoms with van der Waals surface area (Å²) in [5.41, 5.74) is 5.54. The van der Waals surface area contributed by atoms with Crippen LogP contribution in [-0.2, 0) is 9.53 Å². The van der Waals surface area contributed by atoms with E-state index < -0.39 is 0 Å². The van der Waals surface area contributed by atoms with Crippen LogP contribution in [0.4, 0.5) is 0 Å². The Hall–Kier alpha value is -0.0700. The van der Waals surface area contributed by atoms with E-state index in [2.05, 4.69) is 4.90 Å². The molecule has 7 heteroatoms. The van der Waals surface area contributed by atoms with Crippen molar-refractivity contribution in [3.8, 4) is 0 Å². The summed E-state index contributed by atoms with van der Waals surface area (Å²) in [4.78, 5) is 16.5. The van der Waals surface area contributed by atoms with E-state index in [0.717, 1.165) is 32.1 Å². The average Bonchev–Trinajstić information content (AvgIpc) is 3.20. The van der Waals surface area contributed by atoms with E-state index in [4.69, 9.17) is 10.5 Å². The molecule has 0 radical (unpaired) electrons. The Morgan fingerprint density at radius 1 is 1.25 bits per heavy atom. The van der Waals surface area contributed by atoms with Gasteiger partial charge in [0, 0.05) is 46.4 Å². The molecular weight excluding hydrogens is 301 g/mol. The zero-order valence-electron chi connectivity index (χ0n) is 12.1. The number of piperazine rings is 1. The van der Waals surface area contributed by atoms with Gasteiger partial charge in [0.25, 0.3) is 0 Å². The van der Waals surface area contributed by atoms with Gasteiger partial charge in [-0.1, -0.05) is 0 Å². The van der Waals surface area contributed by atoms with Gasteiger partial charge in [-0.25, -0.2) is 0 Å². The second-order valence-electron chi connectivity index (χ2n) is 5.42. The highest BCUT2D eigenvalue weighted by atomic mass is 35.5. The lowest BCUT2D eigenvalue weighted by atomic mass is 10.2. The number of ether oxygens (including phenoxy) is 1. The molecule has 2 rings (SSSR count). The molecule has 1 aliphatic carbocycles. The Bertz CT molecular complexity index is 279. The van der Waals surface area contributed by atoms with E-state index >= 15 is 0 Å². The van der Waals surface area contributed by atoms with Crippen molar-refractivity contribution in [1.82, 2.24) is 9.80 Å². The molecule has 0 bridgehead atoms. The first-order valence-corrected chi connectivity index (χ1v) is 6.96. The summed E-state index contributed by atoms with van der Waals surface area (Å²) in [6, 6.07) is 0. The second-order valence-corrected chi connectivity index (χ2v) is 5.42. The Kier molecular flexibility index (Phi) is 9.76. The van der Waals surface area contributed by atoms with E-state index in [9.17, 15) is 4.79 Å². The van der Waals surface area contributed by atoms with Gasteiger partial charge >= 0.3 is 0 Å². The molecule has 0 spiro atoms. The first kappa shape index (κ1) is 19.9. The Morgan fingerprint density at radius 2 is 1.85 bits per heavy atom. The van der Waals surface area contributed by atoms with Gasteiger partial charge in [0.2, 0.25) is 5.91 Å². The fourth-order valence-corrected chi connectivity index (χ4v) is 2.43. The van der Waals surface area contributed by atoms with Gasteiger partial charge < -0.3 is 15.4 Å². The zero-order valence-corrected chi connectivity index (χ0v) is 13.8. The lowest BCUT2D eigenvalue weighted by molar-refractivity contribution is -0.135. The quantitative estimate of drug-likeness (QED) is 0.782. The van der Waals surface area contributed by atoms with Gasteiger partial charge in [-0.2, -0.15) is 0 Å². The molecule has 1 amide bonds. The van der Waals surface area contributed by atoms with E-state index in [1.807, 2.05) is 4.90 Å². The van der Waals surface area contributed by atoms with Gasteiger partial charge in [0.05, 0.1) is 12.5 Å². The van der Waals surface area contributed by atoms with Gasteiger partial charge in [-0.05, 0) is 18.8 Å². The van der Waals surface area contributed by atoms with Crippen LogP contribution in [0.1, 0.15) is 19.3 Å². The molecule has 2 fully saturated rings. The molecule has 1 saturated heterocycles. The molecule has 20 heavy (non-hydrogen) atoms. The van der Waals surface area contributed by atoms with Crippen LogP contribution in [-0.4, -0.2) is 68.2 Å². The fourth-order valence-electron chi connectivity index (χ4n) is 2.43. The standard InChI is InChI=1S/C13H25N3O2.2ClH/c1-18-12(9-14)8-13(17)16-6-4-15(5-7-16)10-11-2-3-11;;/h11-12H,2-10,14H2,1H3;2*1H. The molecular formula is C13H27Cl2N3O2. The molecule has 1 saturated carbocycles. The third-order valence-corrected chi connectivity index (χ3v) is 3.94. The molecule has 1 atom stereocenters. The van der Waals surface area contributed by atoms with Crippen molar-refractivity contribution in [3.63, 3.8) is 0 Å². The van der Waals surface area contributed by atoms with Crippen LogP contribution in [0.25, 0.3) is 0 Å². The van der Waals surface area contributed by atoms with Crippen LogP contribution < -0.4 is 5.73 Å². The number of amides is 1. The highest BCUT2D eigenvalue weighted by Crippen LogP contribution is 2.29. The zero-order chi connectivity index (χ0) is 13.0. The molecule has 2 aliphatic rings. The number of halogens is 2. The summed E-state index contributed by atoms with van der Waals surface area (Å²) in [7, 11) is 1.61. The molecule has 1 heterocycles. The number of rotatable bonds is 6. The lowest BCUT2D eigenvalue weighted by Gasteiger charge is -2.35. The minimum absolute atomic E-state index is 0. The molecule has 5 nitrogen and oxygen atoms in total. The van der Waals surface area contributed by atoms with Crippen molar-refractivity contribution >= 4 is 30.7 Å². The smallest absolute Gasteiger partial charge is 0.225 e. The summed E-state index contributed by atoms with van der Waals surface area (Å²) >= 11 is 0. The minimum atomic E-state index is -0.137. The number of nitrogens with zero attached hydrogens (tertiary/aromatic N) is 2. The maximum atomic E-state index is 12.0. The number of methoxy groups -OCH3 is 1. The Balaban J connectivity index is 0.00000180. The SMILES string of the molecule is COC(CN)CC(=O)N1CCN(CC2CC2)CC1.Cl.Cl. The normalized spacial score (nSPS) is 20.8. The van der Waals surface area contributed by atoms with Crippen LogP contribution in [0.2, 0.25) is 0 Å². The van der Waals surface area contributed by atoms with E-state index in [-0.39, 0.29) is 36.8 Å². The van der Waals surface area contributed by atoms with Crippen LogP contribution in [0.3, 0.4) is 0 Å². The molecule has 2 N–H and O–H groups in total. The topological polar surface area (TPSA) is 58.8 Å². The minimum Gasteiger partial charge on any atom is -0.380 e. The van der Waals surface area contributed by atoms with Gasteiger partial charge in [0.1, 0.15) is 0 Å². The van der Waals surface area contributed by atoms with Gasteiger partial charge in [-0.3, -0.25) is 9.69 Å². The molecule has 1 aliphatic heterocycles. The van der Waals surface area contributed by atoms with Gasteiger partial charge in [-0.15, -0.1) is 24.8 Å².